The number of aromatic hydroxyl groups is 1. The zero-order valence-electron chi connectivity index (χ0n) is 11.6. The van der Waals surface area contributed by atoms with Crippen molar-refractivity contribution in [3.05, 3.63) is 59.2 Å². The summed E-state index contributed by atoms with van der Waals surface area (Å²) in [6.07, 6.45) is 1.78. The number of benzene rings is 2. The van der Waals surface area contributed by atoms with Crippen LogP contribution in [0.3, 0.4) is 0 Å². The molecule has 0 aliphatic heterocycles. The maximum absolute atomic E-state index is 10.2. The van der Waals surface area contributed by atoms with Gasteiger partial charge in [0.25, 0.3) is 0 Å². The average Bonchev–Trinajstić information content (AvgIpc) is 2.39. The Morgan fingerprint density at radius 1 is 1.05 bits per heavy atom. The molecule has 98 valence electrons. The number of para-hydroxylation sites is 1. The van der Waals surface area contributed by atoms with Crippen LogP contribution in [0.5, 0.6) is 5.75 Å². The first kappa shape index (κ1) is 13.3. The van der Waals surface area contributed by atoms with Crippen molar-refractivity contribution in [2.45, 2.75) is 26.7 Å². The number of hydrogen-bond acceptors (Lipinski definition) is 2. The van der Waals surface area contributed by atoms with E-state index in [1.54, 1.807) is 6.21 Å². The molecule has 2 nitrogen and oxygen atoms in total. The Bertz CT molecular complexity index is 583. The molecule has 2 heteroatoms. The van der Waals surface area contributed by atoms with Crippen molar-refractivity contribution in [3.63, 3.8) is 0 Å². The van der Waals surface area contributed by atoms with E-state index in [2.05, 4.69) is 25.8 Å². The third-order valence-electron chi connectivity index (χ3n) is 3.10. The summed E-state index contributed by atoms with van der Waals surface area (Å²) in [5.41, 5.74) is 3.80. The first-order chi connectivity index (χ1) is 9.08. The molecule has 0 aromatic heterocycles. The van der Waals surface area contributed by atoms with Crippen molar-refractivity contribution in [1.82, 2.24) is 0 Å². The molecule has 2 rings (SSSR count). The van der Waals surface area contributed by atoms with Gasteiger partial charge in [0.2, 0.25) is 0 Å². The van der Waals surface area contributed by atoms with Crippen LogP contribution in [0.1, 0.15) is 36.5 Å². The zero-order chi connectivity index (χ0) is 13.8. The van der Waals surface area contributed by atoms with Crippen molar-refractivity contribution in [2.75, 3.05) is 0 Å². The van der Waals surface area contributed by atoms with Gasteiger partial charge in [0.1, 0.15) is 11.4 Å². The minimum atomic E-state index is 0.279. The molecule has 2 aromatic carbocycles. The number of rotatable bonds is 3. The Balaban J connectivity index is 2.28. The second-order valence-corrected chi connectivity index (χ2v) is 5.04. The molecule has 0 saturated heterocycles. The average molecular weight is 253 g/mol. The lowest BCUT2D eigenvalue weighted by Crippen LogP contribution is -1.88. The second-order valence-electron chi connectivity index (χ2n) is 5.04. The van der Waals surface area contributed by atoms with Gasteiger partial charge in [0.15, 0.2) is 0 Å². The summed E-state index contributed by atoms with van der Waals surface area (Å²) in [5.74, 6) is 0.565. The van der Waals surface area contributed by atoms with Gasteiger partial charge in [-0.15, -0.1) is 0 Å². The van der Waals surface area contributed by atoms with Crippen LogP contribution in [0.4, 0.5) is 5.69 Å². The Morgan fingerprint density at radius 2 is 1.74 bits per heavy atom. The number of nitrogens with zero attached hydrogens (tertiary/aromatic N) is 1. The van der Waals surface area contributed by atoms with E-state index < -0.39 is 0 Å². The fourth-order valence-corrected chi connectivity index (χ4v) is 1.92. The lowest BCUT2D eigenvalue weighted by molar-refractivity contribution is 0.466. The van der Waals surface area contributed by atoms with E-state index in [9.17, 15) is 5.11 Å². The summed E-state index contributed by atoms with van der Waals surface area (Å²) < 4.78 is 0. The van der Waals surface area contributed by atoms with Gasteiger partial charge in [-0.1, -0.05) is 55.8 Å². The Kier molecular flexibility index (Phi) is 4.00. The highest BCUT2D eigenvalue weighted by atomic mass is 16.3. The van der Waals surface area contributed by atoms with Crippen molar-refractivity contribution in [2.24, 2.45) is 4.99 Å². The Hall–Kier alpha value is -2.09. The molecule has 0 amide bonds. The lowest BCUT2D eigenvalue weighted by atomic mass is 10.0. The third-order valence-corrected chi connectivity index (χ3v) is 3.10. The largest absolute Gasteiger partial charge is 0.505 e. The molecule has 1 N–H and O–H groups in total. The summed E-state index contributed by atoms with van der Waals surface area (Å²) in [4.78, 5) is 4.37. The normalized spacial score (nSPS) is 11.4. The van der Waals surface area contributed by atoms with E-state index in [-0.39, 0.29) is 11.7 Å². The standard InChI is InChI=1S/C17H19NO/c1-12(2)15-5-4-6-16(17(15)19)18-11-14-9-7-13(3)8-10-14/h4-12,19H,1-3H3. The number of phenolic OH excluding ortho intramolecular Hbond substituents is 1. The summed E-state index contributed by atoms with van der Waals surface area (Å²) >= 11 is 0. The molecule has 0 bridgehead atoms. The Labute approximate surface area is 114 Å². The van der Waals surface area contributed by atoms with E-state index in [4.69, 9.17) is 0 Å². The molecule has 0 atom stereocenters. The monoisotopic (exact) mass is 253 g/mol. The predicted octanol–water partition coefficient (Wildman–Crippen LogP) is 4.57. The van der Waals surface area contributed by atoms with Gasteiger partial charge >= 0.3 is 0 Å². The predicted molar refractivity (Wildman–Crippen MR) is 80.6 cm³/mol. The van der Waals surface area contributed by atoms with E-state index in [0.29, 0.717) is 5.69 Å². The van der Waals surface area contributed by atoms with E-state index in [1.807, 2.05) is 42.5 Å². The molecule has 0 saturated carbocycles. The van der Waals surface area contributed by atoms with Crippen LogP contribution in [-0.4, -0.2) is 11.3 Å². The minimum absolute atomic E-state index is 0.279. The summed E-state index contributed by atoms with van der Waals surface area (Å²) in [5, 5.41) is 10.2. The molecule has 0 unspecified atom stereocenters. The fourth-order valence-electron chi connectivity index (χ4n) is 1.92. The van der Waals surface area contributed by atoms with Crippen molar-refractivity contribution < 1.29 is 5.11 Å². The van der Waals surface area contributed by atoms with Gasteiger partial charge in [-0.25, -0.2) is 0 Å². The molecule has 0 aliphatic carbocycles. The molecule has 0 fully saturated rings. The van der Waals surface area contributed by atoms with Crippen LogP contribution in [0.15, 0.2) is 47.5 Å². The van der Waals surface area contributed by atoms with Gasteiger partial charge in [-0.3, -0.25) is 4.99 Å². The van der Waals surface area contributed by atoms with E-state index >= 15 is 0 Å². The summed E-state index contributed by atoms with van der Waals surface area (Å²) in [6, 6.07) is 13.8. The van der Waals surface area contributed by atoms with Crippen LogP contribution in [0.2, 0.25) is 0 Å². The SMILES string of the molecule is Cc1ccc(C=Nc2cccc(C(C)C)c2O)cc1. The van der Waals surface area contributed by atoms with Gasteiger partial charge < -0.3 is 5.11 Å². The molecule has 0 aliphatic rings. The molecule has 0 spiro atoms. The van der Waals surface area contributed by atoms with Crippen LogP contribution in [0.25, 0.3) is 0 Å². The number of phenols is 1. The lowest BCUT2D eigenvalue weighted by Gasteiger charge is -2.09. The molecule has 0 radical (unpaired) electrons. The van der Waals surface area contributed by atoms with Crippen molar-refractivity contribution in [3.8, 4) is 5.75 Å². The first-order valence-corrected chi connectivity index (χ1v) is 6.50. The molecule has 19 heavy (non-hydrogen) atoms. The maximum Gasteiger partial charge on any atom is 0.144 e. The number of aliphatic imine (C=N–C) groups is 1. The highest BCUT2D eigenvalue weighted by Crippen LogP contribution is 2.34. The quantitative estimate of drug-likeness (QED) is 0.798. The molecular weight excluding hydrogens is 234 g/mol. The van der Waals surface area contributed by atoms with Crippen LogP contribution >= 0.6 is 0 Å². The highest BCUT2D eigenvalue weighted by Gasteiger charge is 2.08. The van der Waals surface area contributed by atoms with Crippen LogP contribution < -0.4 is 0 Å². The number of aryl methyl sites for hydroxylation is 1. The maximum atomic E-state index is 10.2. The molecule has 0 heterocycles. The summed E-state index contributed by atoms with van der Waals surface area (Å²) in [6.45, 7) is 6.17. The molecular formula is C17H19NO. The molecule has 2 aromatic rings. The van der Waals surface area contributed by atoms with Gasteiger partial charge in [-0.2, -0.15) is 0 Å². The van der Waals surface area contributed by atoms with Crippen molar-refractivity contribution in [1.29, 1.82) is 0 Å². The van der Waals surface area contributed by atoms with Crippen molar-refractivity contribution >= 4 is 11.9 Å². The topological polar surface area (TPSA) is 32.6 Å². The van der Waals surface area contributed by atoms with Gasteiger partial charge in [-0.05, 0) is 30.0 Å². The first-order valence-electron chi connectivity index (χ1n) is 6.50. The van der Waals surface area contributed by atoms with Gasteiger partial charge in [0, 0.05) is 6.21 Å². The smallest absolute Gasteiger partial charge is 0.144 e. The second kappa shape index (κ2) is 5.70. The fraction of sp³-hybridized carbons (Fsp3) is 0.235. The zero-order valence-corrected chi connectivity index (χ0v) is 11.6. The van der Waals surface area contributed by atoms with Crippen LogP contribution in [0, 0.1) is 6.92 Å². The third kappa shape index (κ3) is 3.22. The number of hydrogen-bond donors (Lipinski definition) is 1. The highest BCUT2D eigenvalue weighted by molar-refractivity contribution is 5.82. The Morgan fingerprint density at radius 3 is 2.37 bits per heavy atom. The van der Waals surface area contributed by atoms with Crippen LogP contribution in [-0.2, 0) is 0 Å². The summed E-state index contributed by atoms with van der Waals surface area (Å²) in [7, 11) is 0. The van der Waals surface area contributed by atoms with E-state index in [0.717, 1.165) is 11.1 Å². The van der Waals surface area contributed by atoms with E-state index in [1.165, 1.54) is 5.56 Å². The minimum Gasteiger partial charge on any atom is -0.505 e. The van der Waals surface area contributed by atoms with Gasteiger partial charge in [0.05, 0.1) is 0 Å².